The summed E-state index contributed by atoms with van der Waals surface area (Å²) in [6, 6.07) is 6.13. The number of hydrogen-bond donors (Lipinski definition) is 1. The monoisotopic (exact) mass is 371 g/mol. The van der Waals surface area contributed by atoms with E-state index in [0.29, 0.717) is 23.9 Å². The van der Waals surface area contributed by atoms with Crippen molar-refractivity contribution in [3.8, 4) is 0 Å². The lowest BCUT2D eigenvalue weighted by Crippen LogP contribution is -2.42. The molecule has 7 nitrogen and oxygen atoms in total. The number of piperidine rings is 1. The largest absolute Gasteiger partial charge is 0.359 e. The summed E-state index contributed by atoms with van der Waals surface area (Å²) in [6.45, 7) is 4.64. The Morgan fingerprint density at radius 2 is 2.15 bits per heavy atom. The number of carbonyl (C=O) groups is 1. The van der Waals surface area contributed by atoms with Crippen molar-refractivity contribution in [1.29, 1.82) is 0 Å². The number of aryl methyl sites for hydroxylation is 1. The molecule has 0 saturated carbocycles. The molecule has 27 heavy (non-hydrogen) atoms. The van der Waals surface area contributed by atoms with Crippen molar-refractivity contribution in [3.63, 3.8) is 0 Å². The number of nitrogens with zero attached hydrogens (tertiary/aromatic N) is 4. The Labute approximate surface area is 160 Å². The highest BCUT2D eigenvalue weighted by molar-refractivity contribution is 5.93. The van der Waals surface area contributed by atoms with Crippen LogP contribution in [0.2, 0.25) is 0 Å². The molecule has 0 spiro atoms. The third-order valence-electron chi connectivity index (χ3n) is 5.14. The van der Waals surface area contributed by atoms with Crippen molar-refractivity contribution in [1.82, 2.24) is 20.4 Å². The average Bonchev–Trinajstić information content (AvgIpc) is 3.14. The Morgan fingerprint density at radius 3 is 2.81 bits per heavy atom. The Hall–Kier alpha value is -2.41. The van der Waals surface area contributed by atoms with Crippen LogP contribution in [0.3, 0.4) is 0 Å². The zero-order valence-electron chi connectivity index (χ0n) is 16.4. The van der Waals surface area contributed by atoms with Crippen LogP contribution in [-0.2, 0) is 13.0 Å². The molecule has 1 amide bonds. The molecule has 1 aliphatic rings. The average molecular weight is 371 g/mol. The first-order valence-corrected chi connectivity index (χ1v) is 9.67. The molecule has 0 atom stereocenters. The van der Waals surface area contributed by atoms with Gasteiger partial charge in [-0.15, -0.1) is 0 Å². The molecule has 1 fully saturated rings. The fourth-order valence-corrected chi connectivity index (χ4v) is 3.38. The van der Waals surface area contributed by atoms with Crippen LogP contribution in [0.15, 0.2) is 28.9 Å². The first kappa shape index (κ1) is 19.4. The molecule has 0 aliphatic carbocycles. The number of hydrogen-bond acceptors (Lipinski definition) is 6. The number of nitrogens with one attached hydrogen (secondary N) is 1. The molecular formula is C20H29N5O2. The van der Waals surface area contributed by atoms with Gasteiger partial charge >= 0.3 is 0 Å². The second kappa shape index (κ2) is 8.99. The predicted molar refractivity (Wildman–Crippen MR) is 105 cm³/mol. The van der Waals surface area contributed by atoms with E-state index in [2.05, 4.69) is 46.3 Å². The summed E-state index contributed by atoms with van der Waals surface area (Å²) in [5.41, 5.74) is 1.47. The molecule has 1 saturated heterocycles. The van der Waals surface area contributed by atoms with Crippen molar-refractivity contribution < 1.29 is 9.32 Å². The summed E-state index contributed by atoms with van der Waals surface area (Å²) in [4.78, 5) is 21.4. The van der Waals surface area contributed by atoms with Crippen molar-refractivity contribution >= 4 is 11.7 Å². The van der Waals surface area contributed by atoms with Gasteiger partial charge in [-0.3, -0.25) is 4.79 Å². The minimum Gasteiger partial charge on any atom is -0.359 e. The highest BCUT2D eigenvalue weighted by atomic mass is 16.5. The highest BCUT2D eigenvalue weighted by Gasteiger charge is 2.21. The van der Waals surface area contributed by atoms with Crippen molar-refractivity contribution in [2.45, 2.75) is 45.2 Å². The van der Waals surface area contributed by atoms with Crippen LogP contribution in [0.4, 0.5) is 5.82 Å². The summed E-state index contributed by atoms with van der Waals surface area (Å²) in [7, 11) is 4.24. The van der Waals surface area contributed by atoms with Crippen LogP contribution < -0.4 is 10.2 Å². The lowest BCUT2D eigenvalue weighted by Gasteiger charge is -2.35. The summed E-state index contributed by atoms with van der Waals surface area (Å²) in [5.74, 6) is 1.41. The molecule has 0 unspecified atom stereocenters. The highest BCUT2D eigenvalue weighted by Crippen LogP contribution is 2.20. The Bertz CT molecular complexity index is 735. The Morgan fingerprint density at radius 1 is 1.37 bits per heavy atom. The summed E-state index contributed by atoms with van der Waals surface area (Å²) >= 11 is 0. The molecule has 1 N–H and O–H groups in total. The topological polar surface area (TPSA) is 74.5 Å². The van der Waals surface area contributed by atoms with E-state index in [0.717, 1.165) is 50.3 Å². The van der Waals surface area contributed by atoms with E-state index in [4.69, 9.17) is 4.52 Å². The third-order valence-corrected chi connectivity index (χ3v) is 5.14. The molecule has 7 heteroatoms. The second-order valence-electron chi connectivity index (χ2n) is 7.27. The van der Waals surface area contributed by atoms with Crippen LogP contribution in [0, 0.1) is 0 Å². The van der Waals surface area contributed by atoms with Crippen LogP contribution >= 0.6 is 0 Å². The maximum atomic E-state index is 12.3. The van der Waals surface area contributed by atoms with Gasteiger partial charge in [-0.25, -0.2) is 4.98 Å². The van der Waals surface area contributed by atoms with Gasteiger partial charge in [0.05, 0.1) is 17.8 Å². The second-order valence-corrected chi connectivity index (χ2v) is 7.27. The van der Waals surface area contributed by atoms with Crippen molar-refractivity contribution in [2.24, 2.45) is 0 Å². The standard InChI is InChI=1S/C20H29N5O2/c1-4-5-16-12-18(27-23-16)14-22-20(26)15-6-7-19(21-13-15)25(3)17-8-10-24(2)11-9-17/h6-7,12-13,17H,4-5,8-11,14H2,1-3H3,(H,22,26). The minimum absolute atomic E-state index is 0.163. The summed E-state index contributed by atoms with van der Waals surface area (Å²) in [5, 5.41) is 6.85. The van der Waals surface area contributed by atoms with E-state index in [9.17, 15) is 4.79 Å². The van der Waals surface area contributed by atoms with Crippen LogP contribution in [0.25, 0.3) is 0 Å². The molecule has 0 bridgehead atoms. The fourth-order valence-electron chi connectivity index (χ4n) is 3.38. The SMILES string of the molecule is CCCc1cc(CNC(=O)c2ccc(N(C)C3CCN(C)CC3)nc2)on1. The fraction of sp³-hybridized carbons (Fsp3) is 0.550. The van der Waals surface area contributed by atoms with Gasteiger partial charge in [0.1, 0.15) is 5.82 Å². The van der Waals surface area contributed by atoms with E-state index < -0.39 is 0 Å². The minimum atomic E-state index is -0.163. The van der Waals surface area contributed by atoms with Gasteiger partial charge in [-0.2, -0.15) is 0 Å². The molecule has 2 aromatic heterocycles. The number of carbonyl (C=O) groups excluding carboxylic acids is 1. The summed E-state index contributed by atoms with van der Waals surface area (Å²) < 4.78 is 5.24. The molecule has 3 rings (SSSR count). The number of rotatable bonds is 7. The van der Waals surface area contributed by atoms with Crippen LogP contribution in [-0.4, -0.2) is 54.2 Å². The number of likely N-dealkylation sites (tertiary alicyclic amines) is 1. The van der Waals surface area contributed by atoms with Crippen LogP contribution in [0.5, 0.6) is 0 Å². The maximum Gasteiger partial charge on any atom is 0.253 e. The van der Waals surface area contributed by atoms with E-state index in [1.165, 1.54) is 0 Å². The number of aromatic nitrogens is 2. The first-order valence-electron chi connectivity index (χ1n) is 9.67. The predicted octanol–water partition coefficient (Wildman–Crippen LogP) is 2.48. The van der Waals surface area contributed by atoms with E-state index in [1.807, 2.05) is 18.2 Å². The Kier molecular flexibility index (Phi) is 6.45. The van der Waals surface area contributed by atoms with Gasteiger partial charge in [0.25, 0.3) is 5.91 Å². The lowest BCUT2D eigenvalue weighted by atomic mass is 10.0. The molecular weight excluding hydrogens is 342 g/mol. The molecule has 1 aliphatic heterocycles. The van der Waals surface area contributed by atoms with Gasteiger partial charge < -0.3 is 19.6 Å². The van der Waals surface area contributed by atoms with Crippen LogP contribution in [0.1, 0.15) is 48.0 Å². The van der Waals surface area contributed by atoms with Crippen molar-refractivity contribution in [3.05, 3.63) is 41.4 Å². The lowest BCUT2D eigenvalue weighted by molar-refractivity contribution is 0.0946. The quantitative estimate of drug-likeness (QED) is 0.806. The number of amides is 1. The van der Waals surface area contributed by atoms with E-state index >= 15 is 0 Å². The number of pyridine rings is 1. The normalized spacial score (nSPS) is 15.7. The molecule has 2 aromatic rings. The molecule has 146 valence electrons. The molecule has 0 radical (unpaired) electrons. The van der Waals surface area contributed by atoms with Gasteiger partial charge in [0.2, 0.25) is 0 Å². The molecule has 0 aromatic carbocycles. The van der Waals surface area contributed by atoms with Gasteiger partial charge in [0, 0.05) is 25.4 Å². The van der Waals surface area contributed by atoms with Gasteiger partial charge in [-0.1, -0.05) is 18.5 Å². The van der Waals surface area contributed by atoms with Crippen molar-refractivity contribution in [2.75, 3.05) is 32.1 Å². The van der Waals surface area contributed by atoms with E-state index in [-0.39, 0.29) is 5.91 Å². The third kappa shape index (κ3) is 5.07. The zero-order chi connectivity index (χ0) is 19.2. The summed E-state index contributed by atoms with van der Waals surface area (Å²) in [6.07, 6.45) is 5.80. The Balaban J connectivity index is 1.53. The first-order chi connectivity index (χ1) is 13.1. The molecule has 3 heterocycles. The maximum absolute atomic E-state index is 12.3. The van der Waals surface area contributed by atoms with Gasteiger partial charge in [0.15, 0.2) is 5.76 Å². The van der Waals surface area contributed by atoms with Gasteiger partial charge in [-0.05, 0) is 51.5 Å². The smallest absolute Gasteiger partial charge is 0.253 e. The zero-order valence-corrected chi connectivity index (χ0v) is 16.4. The number of anilines is 1. The van der Waals surface area contributed by atoms with E-state index in [1.54, 1.807) is 6.20 Å².